The maximum atomic E-state index is 12.4. The molecule has 0 atom stereocenters. The summed E-state index contributed by atoms with van der Waals surface area (Å²) in [5.41, 5.74) is 4.17. The number of para-hydroxylation sites is 1. The van der Waals surface area contributed by atoms with Crippen LogP contribution in [-0.4, -0.2) is 49.5 Å². The van der Waals surface area contributed by atoms with E-state index >= 15 is 0 Å². The molecular weight excluding hydrogens is 312 g/mol. The third-order valence-electron chi connectivity index (χ3n) is 4.48. The molecule has 25 heavy (non-hydrogen) atoms. The van der Waals surface area contributed by atoms with Crippen molar-refractivity contribution in [3.63, 3.8) is 0 Å². The minimum Gasteiger partial charge on any atom is -0.352 e. The highest BCUT2D eigenvalue weighted by molar-refractivity contribution is 5.95. The Morgan fingerprint density at radius 1 is 1.28 bits per heavy atom. The average molecular weight is 338 g/mol. The Morgan fingerprint density at radius 3 is 2.96 bits per heavy atom. The number of aromatic nitrogens is 1. The number of amides is 1. The van der Waals surface area contributed by atoms with Gasteiger partial charge in [-0.05, 0) is 57.6 Å². The van der Waals surface area contributed by atoms with Gasteiger partial charge in [-0.1, -0.05) is 18.2 Å². The minimum atomic E-state index is -0.0570. The van der Waals surface area contributed by atoms with Gasteiger partial charge in [0.25, 0.3) is 5.91 Å². The summed E-state index contributed by atoms with van der Waals surface area (Å²) in [6.45, 7) is 2.59. The lowest BCUT2D eigenvalue weighted by atomic mass is 10.0. The van der Waals surface area contributed by atoms with Gasteiger partial charge in [-0.2, -0.15) is 0 Å². The summed E-state index contributed by atoms with van der Waals surface area (Å²) in [6.07, 6.45) is 6.63. The molecule has 2 heterocycles. The third-order valence-corrected chi connectivity index (χ3v) is 4.48. The van der Waals surface area contributed by atoms with Crippen LogP contribution >= 0.6 is 0 Å². The second-order valence-electron chi connectivity index (χ2n) is 6.73. The van der Waals surface area contributed by atoms with Gasteiger partial charge in [-0.25, -0.2) is 0 Å². The molecule has 1 aromatic heterocycles. The number of nitrogens with one attached hydrogen (secondary N) is 1. The molecule has 5 nitrogen and oxygen atoms in total. The molecule has 0 fully saturated rings. The van der Waals surface area contributed by atoms with E-state index in [9.17, 15) is 4.79 Å². The maximum Gasteiger partial charge on any atom is 0.252 e. The predicted molar refractivity (Wildman–Crippen MR) is 102 cm³/mol. The van der Waals surface area contributed by atoms with E-state index in [1.165, 1.54) is 11.3 Å². The van der Waals surface area contributed by atoms with Gasteiger partial charge in [-0.3, -0.25) is 9.78 Å². The molecular formula is C20H26N4O. The number of nitrogens with zero attached hydrogens (tertiary/aromatic N) is 3. The van der Waals surface area contributed by atoms with E-state index in [0.717, 1.165) is 38.0 Å². The van der Waals surface area contributed by atoms with Crippen molar-refractivity contribution in [2.75, 3.05) is 38.6 Å². The second kappa shape index (κ2) is 8.12. The Labute approximate surface area is 149 Å². The van der Waals surface area contributed by atoms with Crippen molar-refractivity contribution in [3.05, 3.63) is 53.9 Å². The molecule has 0 saturated heterocycles. The lowest BCUT2D eigenvalue weighted by Crippen LogP contribution is -2.28. The van der Waals surface area contributed by atoms with E-state index in [0.29, 0.717) is 12.1 Å². The van der Waals surface area contributed by atoms with Crippen LogP contribution in [0.1, 0.15) is 28.8 Å². The number of aryl methyl sites for hydroxylation is 1. The smallest absolute Gasteiger partial charge is 0.252 e. The summed E-state index contributed by atoms with van der Waals surface area (Å²) in [7, 11) is 4.07. The van der Waals surface area contributed by atoms with Gasteiger partial charge in [0.05, 0.1) is 17.4 Å². The molecule has 132 valence electrons. The van der Waals surface area contributed by atoms with Crippen molar-refractivity contribution in [1.82, 2.24) is 15.2 Å². The number of pyridine rings is 1. The molecule has 1 amide bonds. The topological polar surface area (TPSA) is 48.5 Å². The van der Waals surface area contributed by atoms with Crippen LogP contribution in [0.25, 0.3) is 0 Å². The van der Waals surface area contributed by atoms with Crippen molar-refractivity contribution in [3.8, 4) is 0 Å². The first-order valence-corrected chi connectivity index (χ1v) is 8.88. The third kappa shape index (κ3) is 4.37. The van der Waals surface area contributed by atoms with Gasteiger partial charge in [0.1, 0.15) is 0 Å². The number of rotatable bonds is 6. The van der Waals surface area contributed by atoms with Crippen molar-refractivity contribution >= 4 is 17.3 Å². The van der Waals surface area contributed by atoms with Crippen LogP contribution in [0.15, 0.2) is 42.7 Å². The first-order chi connectivity index (χ1) is 12.1. The highest BCUT2D eigenvalue weighted by Gasteiger charge is 2.19. The number of fused-ring (bicyclic) bond motifs is 1. The maximum absolute atomic E-state index is 12.4. The molecule has 1 aliphatic heterocycles. The summed E-state index contributed by atoms with van der Waals surface area (Å²) < 4.78 is 0. The van der Waals surface area contributed by atoms with Crippen LogP contribution in [0.5, 0.6) is 0 Å². The number of carbonyl (C=O) groups excluding carboxylic acids is 1. The molecule has 3 rings (SSSR count). The fourth-order valence-electron chi connectivity index (χ4n) is 3.20. The van der Waals surface area contributed by atoms with Crippen molar-refractivity contribution < 1.29 is 4.79 Å². The number of hydrogen-bond donors (Lipinski definition) is 1. The van der Waals surface area contributed by atoms with Crippen LogP contribution in [0, 0.1) is 0 Å². The first kappa shape index (κ1) is 17.4. The molecule has 0 saturated carbocycles. The number of hydrogen-bond acceptors (Lipinski definition) is 4. The van der Waals surface area contributed by atoms with Crippen LogP contribution in [-0.2, 0) is 6.42 Å². The molecule has 1 aliphatic rings. The Kier molecular flexibility index (Phi) is 5.66. The predicted octanol–water partition coefficient (Wildman–Crippen LogP) is 2.85. The Hall–Kier alpha value is -2.40. The van der Waals surface area contributed by atoms with Gasteiger partial charge < -0.3 is 15.1 Å². The molecule has 1 aromatic carbocycles. The van der Waals surface area contributed by atoms with Crippen LogP contribution in [0.2, 0.25) is 0 Å². The van der Waals surface area contributed by atoms with Gasteiger partial charge in [0.2, 0.25) is 0 Å². The standard InChI is InChI=1S/C20H26N4O/c1-23(2)11-6-10-22-20(25)17-13-18(15-21-14-17)24-12-5-8-16-7-3-4-9-19(16)24/h3-4,7,9,13-15H,5-6,8,10-12H2,1-2H3,(H,22,25). The van der Waals surface area contributed by atoms with E-state index in [4.69, 9.17) is 0 Å². The molecule has 0 spiro atoms. The number of carbonyl (C=O) groups is 1. The van der Waals surface area contributed by atoms with Crippen molar-refractivity contribution in [1.29, 1.82) is 0 Å². The molecule has 5 heteroatoms. The van der Waals surface area contributed by atoms with Crippen LogP contribution < -0.4 is 10.2 Å². The summed E-state index contributed by atoms with van der Waals surface area (Å²) >= 11 is 0. The summed E-state index contributed by atoms with van der Waals surface area (Å²) in [5.74, 6) is -0.0570. The molecule has 0 radical (unpaired) electrons. The van der Waals surface area contributed by atoms with Crippen molar-refractivity contribution in [2.24, 2.45) is 0 Å². The second-order valence-corrected chi connectivity index (χ2v) is 6.73. The number of anilines is 2. The molecule has 0 bridgehead atoms. The fraction of sp³-hybridized carbons (Fsp3) is 0.400. The highest BCUT2D eigenvalue weighted by atomic mass is 16.1. The Balaban J connectivity index is 1.71. The lowest BCUT2D eigenvalue weighted by molar-refractivity contribution is 0.0952. The summed E-state index contributed by atoms with van der Waals surface area (Å²) in [5, 5.41) is 2.98. The number of benzene rings is 1. The summed E-state index contributed by atoms with van der Waals surface area (Å²) in [4.78, 5) is 21.1. The van der Waals surface area contributed by atoms with E-state index in [-0.39, 0.29) is 5.91 Å². The van der Waals surface area contributed by atoms with Gasteiger partial charge in [0, 0.05) is 25.0 Å². The average Bonchev–Trinajstić information content (AvgIpc) is 2.64. The molecule has 1 N–H and O–H groups in total. The van der Waals surface area contributed by atoms with Crippen LogP contribution in [0.4, 0.5) is 11.4 Å². The monoisotopic (exact) mass is 338 g/mol. The quantitative estimate of drug-likeness (QED) is 0.823. The molecule has 0 aliphatic carbocycles. The zero-order valence-electron chi connectivity index (χ0n) is 15.0. The first-order valence-electron chi connectivity index (χ1n) is 8.88. The molecule has 0 unspecified atom stereocenters. The highest BCUT2D eigenvalue weighted by Crippen LogP contribution is 2.33. The minimum absolute atomic E-state index is 0.0570. The summed E-state index contributed by atoms with van der Waals surface area (Å²) in [6, 6.07) is 10.4. The fourth-order valence-corrected chi connectivity index (χ4v) is 3.20. The normalized spacial score (nSPS) is 13.6. The van der Waals surface area contributed by atoms with E-state index < -0.39 is 0 Å². The molecule has 2 aromatic rings. The zero-order chi connectivity index (χ0) is 17.6. The van der Waals surface area contributed by atoms with Crippen LogP contribution in [0.3, 0.4) is 0 Å². The van der Waals surface area contributed by atoms with Gasteiger partial charge in [0.15, 0.2) is 0 Å². The van der Waals surface area contributed by atoms with Gasteiger partial charge >= 0.3 is 0 Å². The van der Waals surface area contributed by atoms with Crippen molar-refractivity contribution in [2.45, 2.75) is 19.3 Å². The Morgan fingerprint density at radius 2 is 2.12 bits per heavy atom. The van der Waals surface area contributed by atoms with E-state index in [1.807, 2.05) is 26.4 Å². The SMILES string of the molecule is CN(C)CCCNC(=O)c1cncc(N2CCCc3ccccc32)c1. The van der Waals surface area contributed by atoms with E-state index in [2.05, 4.69) is 44.4 Å². The largest absolute Gasteiger partial charge is 0.352 e. The zero-order valence-corrected chi connectivity index (χ0v) is 15.0. The Bertz CT molecular complexity index is 729. The lowest BCUT2D eigenvalue weighted by Gasteiger charge is -2.31. The van der Waals surface area contributed by atoms with E-state index in [1.54, 1.807) is 6.20 Å². The van der Waals surface area contributed by atoms with Gasteiger partial charge in [-0.15, -0.1) is 0 Å².